The van der Waals surface area contributed by atoms with Gasteiger partial charge in [-0.15, -0.1) is 0 Å². The Balaban J connectivity index is 1.75. The van der Waals surface area contributed by atoms with Gasteiger partial charge < -0.3 is 20.3 Å². The third kappa shape index (κ3) is 3.88. The number of nitrogens with zero attached hydrogens (tertiary/aromatic N) is 1. The molecule has 6 nitrogen and oxygen atoms in total. The predicted molar refractivity (Wildman–Crippen MR) is 123 cm³/mol. The van der Waals surface area contributed by atoms with Crippen LogP contribution in [0.3, 0.4) is 0 Å². The Bertz CT molecular complexity index is 1340. The molecule has 172 valence electrons. The van der Waals surface area contributed by atoms with Crippen LogP contribution in [0.5, 0.6) is 0 Å². The van der Waals surface area contributed by atoms with Crippen LogP contribution in [0.4, 0.5) is 14.5 Å². The van der Waals surface area contributed by atoms with Gasteiger partial charge in [-0.05, 0) is 61.9 Å². The predicted octanol–water partition coefficient (Wildman–Crippen LogP) is 4.76. The maximum atomic E-state index is 13.7. The third-order valence-electron chi connectivity index (χ3n) is 6.52. The number of aromatic carboxylic acids is 1. The normalized spacial score (nSPS) is 17.2. The van der Waals surface area contributed by atoms with Crippen molar-refractivity contribution in [3.63, 3.8) is 0 Å². The molecule has 1 aliphatic heterocycles. The number of carboxylic acids is 1. The number of carboxylic acid groups (broad SMARTS) is 1. The lowest BCUT2D eigenvalue weighted by Gasteiger charge is -2.33. The van der Waals surface area contributed by atoms with Crippen molar-refractivity contribution in [3.05, 3.63) is 63.4 Å². The summed E-state index contributed by atoms with van der Waals surface area (Å²) < 4.78 is 29.0. The zero-order valence-electron chi connectivity index (χ0n) is 18.4. The van der Waals surface area contributed by atoms with Crippen LogP contribution in [-0.2, 0) is 13.0 Å². The Morgan fingerprint density at radius 3 is 2.64 bits per heavy atom. The molecule has 0 saturated heterocycles. The topological polar surface area (TPSA) is 83.4 Å². The van der Waals surface area contributed by atoms with Crippen LogP contribution in [-0.4, -0.2) is 27.7 Å². The first kappa shape index (κ1) is 21.6. The van der Waals surface area contributed by atoms with Gasteiger partial charge in [-0.1, -0.05) is 18.2 Å². The first-order valence-electron chi connectivity index (χ1n) is 11.0. The number of hydrogen-bond donors (Lipinski definition) is 3. The van der Waals surface area contributed by atoms with Gasteiger partial charge in [0.15, 0.2) is 0 Å². The van der Waals surface area contributed by atoms with Crippen LogP contribution in [0.15, 0.2) is 41.3 Å². The molecule has 0 atom stereocenters. The number of rotatable bonds is 5. The Kier molecular flexibility index (Phi) is 5.01. The van der Waals surface area contributed by atoms with Gasteiger partial charge in [0.2, 0.25) is 5.43 Å². The first-order valence-corrected chi connectivity index (χ1v) is 11.0. The highest BCUT2D eigenvalue weighted by Crippen LogP contribution is 2.42. The SMILES string of the molecule is CC1(C)Cc2ccc(-c3ccc4c(=O)c(C(=O)O)cn(C5CC5)c4c3NC(F)F)cc2CN1. The monoisotopic (exact) mass is 453 g/mol. The van der Waals surface area contributed by atoms with Gasteiger partial charge in [0.25, 0.3) is 0 Å². The summed E-state index contributed by atoms with van der Waals surface area (Å²) >= 11 is 0. The zero-order chi connectivity index (χ0) is 23.5. The summed E-state index contributed by atoms with van der Waals surface area (Å²) in [6.45, 7) is 2.10. The van der Waals surface area contributed by atoms with Crippen molar-refractivity contribution < 1.29 is 18.7 Å². The van der Waals surface area contributed by atoms with E-state index in [9.17, 15) is 23.5 Å². The van der Waals surface area contributed by atoms with Crippen LogP contribution in [0.1, 0.15) is 54.2 Å². The molecule has 1 saturated carbocycles. The van der Waals surface area contributed by atoms with Gasteiger partial charge in [0.05, 0.1) is 11.2 Å². The largest absolute Gasteiger partial charge is 0.477 e. The van der Waals surface area contributed by atoms with E-state index in [1.165, 1.54) is 11.8 Å². The lowest BCUT2D eigenvalue weighted by atomic mass is 9.86. The van der Waals surface area contributed by atoms with Gasteiger partial charge in [-0.25, -0.2) is 4.79 Å². The fourth-order valence-corrected chi connectivity index (χ4v) is 4.74. The van der Waals surface area contributed by atoms with E-state index in [1.54, 1.807) is 16.7 Å². The molecule has 3 aromatic rings. The molecule has 0 unspecified atom stereocenters. The number of benzene rings is 2. The molecule has 0 spiro atoms. The quantitative estimate of drug-likeness (QED) is 0.485. The van der Waals surface area contributed by atoms with Crippen molar-refractivity contribution in [2.75, 3.05) is 5.32 Å². The molecule has 33 heavy (non-hydrogen) atoms. The number of pyridine rings is 1. The summed E-state index contributed by atoms with van der Waals surface area (Å²) in [5.74, 6) is -1.33. The van der Waals surface area contributed by atoms with Crippen molar-refractivity contribution in [2.24, 2.45) is 0 Å². The minimum absolute atomic E-state index is 0.0119. The van der Waals surface area contributed by atoms with Gasteiger partial charge in [-0.3, -0.25) is 4.79 Å². The van der Waals surface area contributed by atoms with Crippen molar-refractivity contribution >= 4 is 22.6 Å². The van der Waals surface area contributed by atoms with Crippen LogP contribution >= 0.6 is 0 Å². The highest BCUT2D eigenvalue weighted by molar-refractivity contribution is 6.02. The number of hydrogen-bond acceptors (Lipinski definition) is 4. The number of carbonyl (C=O) groups is 1. The second kappa shape index (κ2) is 7.66. The van der Waals surface area contributed by atoms with E-state index >= 15 is 0 Å². The van der Waals surface area contributed by atoms with E-state index in [-0.39, 0.29) is 28.2 Å². The molecule has 2 aromatic carbocycles. The molecule has 0 amide bonds. The zero-order valence-corrected chi connectivity index (χ0v) is 18.4. The molecule has 2 heterocycles. The molecule has 8 heteroatoms. The molecule has 1 aliphatic carbocycles. The van der Waals surface area contributed by atoms with E-state index in [4.69, 9.17) is 0 Å². The molecule has 1 fully saturated rings. The van der Waals surface area contributed by atoms with E-state index in [1.807, 2.05) is 18.2 Å². The van der Waals surface area contributed by atoms with Crippen LogP contribution in [0.25, 0.3) is 22.0 Å². The summed E-state index contributed by atoms with van der Waals surface area (Å²) in [4.78, 5) is 24.5. The van der Waals surface area contributed by atoms with E-state index < -0.39 is 17.9 Å². The van der Waals surface area contributed by atoms with Crippen molar-refractivity contribution in [1.29, 1.82) is 0 Å². The van der Waals surface area contributed by atoms with Gasteiger partial charge in [0, 0.05) is 35.3 Å². The fourth-order valence-electron chi connectivity index (χ4n) is 4.74. The number of alkyl halides is 2. The van der Waals surface area contributed by atoms with Gasteiger partial charge in [-0.2, -0.15) is 8.78 Å². The van der Waals surface area contributed by atoms with Crippen molar-refractivity contribution in [3.8, 4) is 11.1 Å². The Hall–Kier alpha value is -3.26. The second-order valence-electron chi connectivity index (χ2n) is 9.54. The van der Waals surface area contributed by atoms with E-state index in [0.717, 1.165) is 30.4 Å². The number of nitrogens with one attached hydrogen (secondary N) is 2. The fraction of sp³-hybridized carbons (Fsp3) is 0.360. The minimum Gasteiger partial charge on any atom is -0.477 e. The molecular weight excluding hydrogens is 428 g/mol. The smallest absolute Gasteiger partial charge is 0.341 e. The summed E-state index contributed by atoms with van der Waals surface area (Å²) in [5, 5.41) is 15.4. The molecular formula is C25H25F2N3O3. The van der Waals surface area contributed by atoms with Crippen molar-refractivity contribution in [2.45, 2.75) is 57.8 Å². The minimum atomic E-state index is -2.85. The number of halogens is 2. The standard InChI is InChI=1S/C25H25F2N3O3/c1-25(2)10-14-4-3-13(9-15(14)11-28-25)17-7-8-18-21(20(17)29-24(26)27)30(16-5-6-16)12-19(22(18)31)23(32)33/h3-4,7-9,12,16,24,28-29H,5-6,10-11H2,1-2H3,(H,32,33). The molecule has 0 bridgehead atoms. The van der Waals surface area contributed by atoms with Gasteiger partial charge >= 0.3 is 12.5 Å². The van der Waals surface area contributed by atoms with Gasteiger partial charge in [0.1, 0.15) is 5.56 Å². The van der Waals surface area contributed by atoms with E-state index in [2.05, 4.69) is 24.5 Å². The Morgan fingerprint density at radius 2 is 1.97 bits per heavy atom. The summed E-state index contributed by atoms with van der Waals surface area (Å²) in [5.41, 5.74) is 3.06. The molecule has 0 radical (unpaired) electrons. The molecule has 1 aromatic heterocycles. The highest BCUT2D eigenvalue weighted by atomic mass is 19.3. The van der Waals surface area contributed by atoms with Crippen molar-refractivity contribution in [1.82, 2.24) is 9.88 Å². The lowest BCUT2D eigenvalue weighted by molar-refractivity contribution is 0.0694. The Labute approximate surface area is 189 Å². The molecule has 3 N–H and O–H groups in total. The average Bonchev–Trinajstić information content (AvgIpc) is 3.58. The first-order chi connectivity index (χ1) is 15.6. The summed E-state index contributed by atoms with van der Waals surface area (Å²) in [6.07, 6.45) is 3.76. The Morgan fingerprint density at radius 1 is 1.21 bits per heavy atom. The summed E-state index contributed by atoms with van der Waals surface area (Å²) in [6, 6.07) is 9.11. The number of fused-ring (bicyclic) bond motifs is 2. The summed E-state index contributed by atoms with van der Waals surface area (Å²) in [7, 11) is 0. The average molecular weight is 453 g/mol. The third-order valence-corrected chi connectivity index (χ3v) is 6.52. The molecule has 2 aliphatic rings. The number of aromatic nitrogens is 1. The lowest BCUT2D eigenvalue weighted by Crippen LogP contribution is -2.44. The molecule has 5 rings (SSSR count). The number of anilines is 1. The second-order valence-corrected chi connectivity index (χ2v) is 9.54. The maximum absolute atomic E-state index is 13.7. The van der Waals surface area contributed by atoms with E-state index in [0.29, 0.717) is 17.6 Å². The van der Waals surface area contributed by atoms with Crippen LogP contribution in [0.2, 0.25) is 0 Å². The van der Waals surface area contributed by atoms with Crippen LogP contribution < -0.4 is 16.1 Å². The maximum Gasteiger partial charge on any atom is 0.341 e. The van der Waals surface area contributed by atoms with Crippen LogP contribution in [0, 0.1) is 0 Å². The highest BCUT2D eigenvalue weighted by Gasteiger charge is 2.30.